The highest BCUT2D eigenvalue weighted by atomic mass is 32.2. The third-order valence-corrected chi connectivity index (χ3v) is 6.22. The molecule has 0 unspecified atom stereocenters. The Morgan fingerprint density at radius 3 is 2.50 bits per heavy atom. The lowest BCUT2D eigenvalue weighted by molar-refractivity contribution is 0.675. The number of hydrogen-bond donors (Lipinski definition) is 2. The van der Waals surface area contributed by atoms with Crippen LogP contribution in [-0.2, 0) is 5.75 Å². The van der Waals surface area contributed by atoms with Crippen molar-refractivity contribution in [2.75, 3.05) is 14.1 Å². The molecule has 7 heteroatoms. The van der Waals surface area contributed by atoms with Crippen LogP contribution in [0.3, 0.4) is 0 Å². The van der Waals surface area contributed by atoms with Crippen LogP contribution in [0.5, 0.6) is 0 Å². The molecule has 0 saturated carbocycles. The number of thiophene rings is 1. The van der Waals surface area contributed by atoms with E-state index < -0.39 is 0 Å². The maximum absolute atomic E-state index is 5.95. The first-order chi connectivity index (χ1) is 12.5. The molecule has 4 N–H and O–H groups in total. The van der Waals surface area contributed by atoms with Gasteiger partial charge in [0.25, 0.3) is 0 Å². The van der Waals surface area contributed by atoms with Gasteiger partial charge < -0.3 is 10.6 Å². The fraction of sp³-hybridized carbons (Fsp3) is 0.211. The van der Waals surface area contributed by atoms with E-state index in [2.05, 4.69) is 42.8 Å². The number of aryl methyl sites for hydroxylation is 1. The first-order valence-corrected chi connectivity index (χ1v) is 10.7. The topological polar surface area (TPSA) is 67.6 Å². The Kier molecular flexibility index (Phi) is 7.84. The summed E-state index contributed by atoms with van der Waals surface area (Å²) in [5.74, 6) is 1.77. The number of nitrogens with two attached hydrogens (primary N) is 2. The summed E-state index contributed by atoms with van der Waals surface area (Å²) in [6.07, 6.45) is 0. The molecule has 0 radical (unpaired) electrons. The summed E-state index contributed by atoms with van der Waals surface area (Å²) in [6.45, 7) is 6.31. The highest BCUT2D eigenvalue weighted by molar-refractivity contribution is 8.02. The van der Waals surface area contributed by atoms with Crippen molar-refractivity contribution in [2.45, 2.75) is 12.7 Å². The number of aliphatic imine (C=N–C) groups is 1. The summed E-state index contributed by atoms with van der Waals surface area (Å²) in [5, 5.41) is 8.11. The summed E-state index contributed by atoms with van der Waals surface area (Å²) in [4.78, 5) is 8.91. The third-order valence-electron chi connectivity index (χ3n) is 3.75. The van der Waals surface area contributed by atoms with E-state index in [-0.39, 0.29) is 0 Å². The van der Waals surface area contributed by atoms with E-state index >= 15 is 0 Å². The second-order valence-electron chi connectivity index (χ2n) is 5.61. The van der Waals surface area contributed by atoms with Crippen molar-refractivity contribution >= 4 is 46.6 Å². The summed E-state index contributed by atoms with van der Waals surface area (Å²) < 4.78 is 0. The van der Waals surface area contributed by atoms with E-state index in [1.165, 1.54) is 10.4 Å². The summed E-state index contributed by atoms with van der Waals surface area (Å²) in [7, 11) is 3.82. The molecule has 0 fully saturated rings. The maximum Gasteiger partial charge on any atom is 0.145 e. The highest BCUT2D eigenvalue weighted by Gasteiger charge is 2.14. The Balaban J connectivity index is 1.98. The normalized spacial score (nSPS) is 12.3. The molecule has 4 nitrogen and oxygen atoms in total. The molecule has 2 aromatic rings. The molecule has 138 valence electrons. The molecule has 0 saturated heterocycles. The van der Waals surface area contributed by atoms with Crippen LogP contribution in [0.15, 0.2) is 58.4 Å². The van der Waals surface area contributed by atoms with Crippen molar-refractivity contribution in [3.63, 3.8) is 0 Å². The van der Waals surface area contributed by atoms with Crippen LogP contribution in [0.4, 0.5) is 0 Å². The van der Waals surface area contributed by atoms with Crippen molar-refractivity contribution in [1.29, 1.82) is 0 Å². The van der Waals surface area contributed by atoms with Gasteiger partial charge in [0.2, 0.25) is 0 Å². The molecule has 26 heavy (non-hydrogen) atoms. The van der Waals surface area contributed by atoms with E-state index in [1.54, 1.807) is 28.5 Å². The molecule has 0 aliphatic rings. The van der Waals surface area contributed by atoms with Crippen LogP contribution in [-0.4, -0.2) is 24.8 Å². The van der Waals surface area contributed by atoms with Gasteiger partial charge in [-0.25, -0.2) is 0 Å². The summed E-state index contributed by atoms with van der Waals surface area (Å²) in [5.41, 5.74) is 8.81. The molecule has 0 atom stereocenters. The van der Waals surface area contributed by atoms with E-state index in [9.17, 15) is 0 Å². The van der Waals surface area contributed by atoms with Crippen molar-refractivity contribution < 1.29 is 0 Å². The van der Waals surface area contributed by atoms with Gasteiger partial charge in [0.15, 0.2) is 0 Å². The molecule has 0 aliphatic heterocycles. The van der Waals surface area contributed by atoms with Gasteiger partial charge in [-0.05, 0) is 30.2 Å². The molecular formula is C19H24N4S3. The number of amidine groups is 1. The lowest BCUT2D eigenvalue weighted by Gasteiger charge is -2.22. The van der Waals surface area contributed by atoms with Gasteiger partial charge in [-0.3, -0.25) is 10.1 Å². The minimum atomic E-state index is 0.677. The van der Waals surface area contributed by atoms with Gasteiger partial charge in [-0.15, -0.1) is 23.1 Å². The average Bonchev–Trinajstić information content (AvgIpc) is 3.06. The molecule has 2 rings (SSSR count). The fourth-order valence-electron chi connectivity index (χ4n) is 2.30. The zero-order chi connectivity index (χ0) is 19.1. The number of benzene rings is 1. The van der Waals surface area contributed by atoms with Gasteiger partial charge in [0.05, 0.1) is 9.91 Å². The smallest absolute Gasteiger partial charge is 0.145 e. The van der Waals surface area contributed by atoms with Crippen molar-refractivity contribution in [3.05, 3.63) is 74.3 Å². The Hall–Kier alpha value is -1.67. The predicted molar refractivity (Wildman–Crippen MR) is 120 cm³/mol. The lowest BCUT2D eigenvalue weighted by Crippen LogP contribution is -2.24. The fourth-order valence-corrected chi connectivity index (χ4v) is 4.32. The van der Waals surface area contributed by atoms with Crippen LogP contribution in [0.1, 0.15) is 20.9 Å². The minimum absolute atomic E-state index is 0.677. The summed E-state index contributed by atoms with van der Waals surface area (Å²) in [6, 6.07) is 12.4. The van der Waals surface area contributed by atoms with Crippen molar-refractivity contribution in [3.8, 4) is 0 Å². The van der Waals surface area contributed by atoms with Gasteiger partial charge >= 0.3 is 0 Å². The quantitative estimate of drug-likeness (QED) is 0.400. The van der Waals surface area contributed by atoms with E-state index in [1.807, 2.05) is 31.1 Å². The SMILES string of the molecule is C=C(SCc1ccc(/C(N)=C/SN)cc1)N(C)C(=NC)c1ccc(C)s1. The monoisotopic (exact) mass is 404 g/mol. The molecule has 0 spiro atoms. The first kappa shape index (κ1) is 20.6. The first-order valence-electron chi connectivity index (χ1n) is 7.95. The van der Waals surface area contributed by atoms with Crippen LogP contribution in [0.2, 0.25) is 0 Å². The molecular weight excluding hydrogens is 380 g/mol. The largest absolute Gasteiger partial charge is 0.398 e. The zero-order valence-corrected chi connectivity index (χ0v) is 17.7. The van der Waals surface area contributed by atoms with Gasteiger partial charge in [-0.2, -0.15) is 0 Å². The number of rotatable bonds is 7. The van der Waals surface area contributed by atoms with Crippen LogP contribution in [0, 0.1) is 6.92 Å². The molecule has 1 aromatic carbocycles. The van der Waals surface area contributed by atoms with Crippen LogP contribution < -0.4 is 10.9 Å². The van der Waals surface area contributed by atoms with Crippen LogP contribution >= 0.6 is 35.0 Å². The van der Waals surface area contributed by atoms with E-state index in [0.717, 1.165) is 39.0 Å². The number of thioether (sulfide) groups is 1. The third kappa shape index (κ3) is 5.41. The molecule has 0 bridgehead atoms. The number of nitrogens with zero attached hydrogens (tertiary/aromatic N) is 2. The maximum atomic E-state index is 5.95. The summed E-state index contributed by atoms with van der Waals surface area (Å²) >= 11 is 4.54. The van der Waals surface area contributed by atoms with Crippen molar-refractivity contribution in [1.82, 2.24) is 4.90 Å². The highest BCUT2D eigenvalue weighted by Crippen LogP contribution is 2.26. The average molecular weight is 405 g/mol. The Bertz CT molecular complexity index is 806. The number of hydrogen-bond acceptors (Lipinski definition) is 6. The second-order valence-corrected chi connectivity index (χ2v) is 8.45. The Morgan fingerprint density at radius 1 is 1.27 bits per heavy atom. The zero-order valence-electron chi connectivity index (χ0n) is 15.2. The van der Waals surface area contributed by atoms with E-state index in [4.69, 9.17) is 10.9 Å². The standard InChI is InChI=1S/C19H24N4S3/c1-13-5-10-18(26-13)19(22-3)23(4)14(2)24-11-15-6-8-16(9-7-15)17(20)12-25-21/h5-10,12H,2,11,20-21H2,1,3-4H3/b17-12-,22-19?. The molecule has 0 amide bonds. The van der Waals surface area contributed by atoms with Crippen LogP contribution in [0.25, 0.3) is 5.70 Å². The Morgan fingerprint density at radius 2 is 1.96 bits per heavy atom. The Labute approximate surface area is 168 Å². The van der Waals surface area contributed by atoms with Gasteiger partial charge in [-0.1, -0.05) is 42.8 Å². The lowest BCUT2D eigenvalue weighted by atomic mass is 10.1. The van der Waals surface area contributed by atoms with Crippen molar-refractivity contribution in [2.24, 2.45) is 15.9 Å². The van der Waals surface area contributed by atoms with Gasteiger partial charge in [0.1, 0.15) is 5.84 Å². The van der Waals surface area contributed by atoms with E-state index in [0.29, 0.717) is 5.70 Å². The molecule has 1 heterocycles. The molecule has 0 aliphatic carbocycles. The minimum Gasteiger partial charge on any atom is -0.398 e. The predicted octanol–water partition coefficient (Wildman–Crippen LogP) is 4.63. The molecule has 1 aromatic heterocycles. The van der Waals surface area contributed by atoms with Gasteiger partial charge in [0, 0.05) is 35.8 Å². The second kappa shape index (κ2) is 9.87.